The van der Waals surface area contributed by atoms with Gasteiger partial charge in [-0.25, -0.2) is 0 Å². The third-order valence-corrected chi connectivity index (χ3v) is 2.28. The van der Waals surface area contributed by atoms with Gasteiger partial charge in [0.2, 0.25) is 0 Å². The van der Waals surface area contributed by atoms with Crippen molar-refractivity contribution in [3.63, 3.8) is 0 Å². The molecular weight excluding hydrogens is 150 g/mol. The molecule has 0 radical (unpaired) electrons. The van der Waals surface area contributed by atoms with Crippen LogP contribution in [0.15, 0.2) is 24.5 Å². The molecule has 0 amide bonds. The van der Waals surface area contributed by atoms with E-state index in [1.165, 1.54) is 0 Å². The first-order valence-corrected chi connectivity index (χ1v) is 3.96. The predicted molar refractivity (Wildman–Crippen MR) is 47.9 cm³/mol. The minimum atomic E-state index is -0.386. The largest absolute Gasteiger partial charge is 0.299 e. The second-order valence-electron chi connectivity index (χ2n) is 3.42. The Morgan fingerprint density at radius 2 is 1.83 bits per heavy atom. The zero-order valence-electron chi connectivity index (χ0n) is 7.66. The van der Waals surface area contributed by atoms with Crippen LogP contribution >= 0.6 is 0 Å². The highest BCUT2D eigenvalue weighted by Gasteiger charge is 2.25. The molecule has 12 heavy (non-hydrogen) atoms. The van der Waals surface area contributed by atoms with E-state index in [9.17, 15) is 4.79 Å². The molecule has 0 aliphatic rings. The van der Waals surface area contributed by atoms with Gasteiger partial charge in [0.05, 0.1) is 0 Å². The molecule has 2 nitrogen and oxygen atoms in total. The minimum absolute atomic E-state index is 0.175. The Balaban J connectivity index is 3.06. The van der Waals surface area contributed by atoms with Crippen LogP contribution in [0.25, 0.3) is 0 Å². The van der Waals surface area contributed by atoms with Gasteiger partial charge in [-0.1, -0.05) is 0 Å². The molecule has 1 aromatic rings. The number of rotatable bonds is 2. The molecule has 0 N–H and O–H groups in total. The van der Waals surface area contributed by atoms with Crippen molar-refractivity contribution in [2.24, 2.45) is 0 Å². The Hall–Kier alpha value is -1.18. The van der Waals surface area contributed by atoms with Gasteiger partial charge < -0.3 is 0 Å². The summed E-state index contributed by atoms with van der Waals surface area (Å²) in [6.07, 6.45) is 3.42. The summed E-state index contributed by atoms with van der Waals surface area (Å²) in [6, 6.07) is 3.75. The maximum Gasteiger partial charge on any atom is 0.139 e. The highest BCUT2D eigenvalue weighted by atomic mass is 16.1. The van der Waals surface area contributed by atoms with Crippen molar-refractivity contribution in [1.82, 2.24) is 4.98 Å². The average Bonchev–Trinajstić information content (AvgIpc) is 2.06. The number of pyridine rings is 1. The number of carbonyl (C=O) groups excluding carboxylic acids is 1. The monoisotopic (exact) mass is 163 g/mol. The smallest absolute Gasteiger partial charge is 0.139 e. The summed E-state index contributed by atoms with van der Waals surface area (Å²) in [5.74, 6) is 0.175. The average molecular weight is 163 g/mol. The quantitative estimate of drug-likeness (QED) is 0.667. The lowest BCUT2D eigenvalue weighted by atomic mass is 9.82. The Bertz CT molecular complexity index is 277. The molecule has 0 aliphatic carbocycles. The van der Waals surface area contributed by atoms with Crippen molar-refractivity contribution < 1.29 is 4.79 Å². The Kier molecular flexibility index (Phi) is 2.27. The summed E-state index contributed by atoms with van der Waals surface area (Å²) in [5.41, 5.74) is 0.633. The summed E-state index contributed by atoms with van der Waals surface area (Å²) in [6.45, 7) is 5.45. The molecule has 0 bridgehead atoms. The highest BCUT2D eigenvalue weighted by molar-refractivity contribution is 5.86. The molecule has 0 aromatic carbocycles. The lowest BCUT2D eigenvalue weighted by Gasteiger charge is -2.20. The summed E-state index contributed by atoms with van der Waals surface area (Å²) < 4.78 is 0. The second-order valence-corrected chi connectivity index (χ2v) is 3.42. The molecule has 64 valence electrons. The van der Waals surface area contributed by atoms with E-state index in [4.69, 9.17) is 0 Å². The Labute approximate surface area is 72.6 Å². The van der Waals surface area contributed by atoms with Gasteiger partial charge in [0, 0.05) is 17.8 Å². The molecular formula is C10H13NO. The number of Topliss-reactive ketones (excluding diaryl/α,β-unsaturated/α-hetero) is 1. The Morgan fingerprint density at radius 1 is 1.33 bits per heavy atom. The van der Waals surface area contributed by atoms with Crippen molar-refractivity contribution in [2.75, 3.05) is 0 Å². The molecule has 0 saturated heterocycles. The summed E-state index contributed by atoms with van der Waals surface area (Å²) >= 11 is 0. The van der Waals surface area contributed by atoms with Gasteiger partial charge in [0.25, 0.3) is 0 Å². The number of ketones is 1. The minimum Gasteiger partial charge on any atom is -0.299 e. The van der Waals surface area contributed by atoms with Crippen molar-refractivity contribution in [1.29, 1.82) is 0 Å². The molecule has 0 saturated carbocycles. The van der Waals surface area contributed by atoms with Crippen LogP contribution in [0.5, 0.6) is 0 Å². The number of hydrogen-bond donors (Lipinski definition) is 0. The van der Waals surface area contributed by atoms with Gasteiger partial charge in [0.15, 0.2) is 0 Å². The van der Waals surface area contributed by atoms with E-state index in [2.05, 4.69) is 4.98 Å². The first-order valence-electron chi connectivity index (χ1n) is 3.96. The van der Waals surface area contributed by atoms with Gasteiger partial charge in [-0.3, -0.25) is 9.78 Å². The fraction of sp³-hybridized carbons (Fsp3) is 0.400. The van der Waals surface area contributed by atoms with Crippen molar-refractivity contribution in [2.45, 2.75) is 26.2 Å². The van der Waals surface area contributed by atoms with Gasteiger partial charge in [-0.15, -0.1) is 0 Å². The van der Waals surface area contributed by atoms with Crippen molar-refractivity contribution >= 4 is 5.78 Å². The fourth-order valence-electron chi connectivity index (χ4n) is 0.972. The van der Waals surface area contributed by atoms with E-state index < -0.39 is 0 Å². The van der Waals surface area contributed by atoms with Crippen LogP contribution in [0.3, 0.4) is 0 Å². The third kappa shape index (κ3) is 1.52. The standard InChI is InChI=1S/C10H13NO/c1-8(12)10(2,3)9-4-6-11-7-5-9/h4-7H,1-3H3. The molecule has 0 spiro atoms. The maximum atomic E-state index is 11.2. The molecule has 1 aromatic heterocycles. The highest BCUT2D eigenvalue weighted by Crippen LogP contribution is 2.22. The van der Waals surface area contributed by atoms with Crippen LogP contribution in [0.1, 0.15) is 26.3 Å². The van der Waals surface area contributed by atoms with Crippen LogP contribution in [0.4, 0.5) is 0 Å². The van der Waals surface area contributed by atoms with Crippen LogP contribution in [-0.4, -0.2) is 10.8 Å². The lowest BCUT2D eigenvalue weighted by molar-refractivity contribution is -0.121. The number of aromatic nitrogens is 1. The Morgan fingerprint density at radius 3 is 2.25 bits per heavy atom. The van der Waals surface area contributed by atoms with Gasteiger partial charge in [-0.05, 0) is 38.5 Å². The van der Waals surface area contributed by atoms with Crippen LogP contribution in [0, 0.1) is 0 Å². The normalized spacial score (nSPS) is 11.2. The molecule has 1 heterocycles. The van der Waals surface area contributed by atoms with Crippen LogP contribution in [-0.2, 0) is 10.2 Å². The van der Waals surface area contributed by atoms with E-state index in [0.717, 1.165) is 5.56 Å². The topological polar surface area (TPSA) is 30.0 Å². The van der Waals surface area contributed by atoms with E-state index in [1.54, 1.807) is 19.3 Å². The van der Waals surface area contributed by atoms with Gasteiger partial charge >= 0.3 is 0 Å². The third-order valence-electron chi connectivity index (χ3n) is 2.28. The first kappa shape index (κ1) is 8.91. The van der Waals surface area contributed by atoms with E-state index in [0.29, 0.717) is 0 Å². The SMILES string of the molecule is CC(=O)C(C)(C)c1ccncc1. The molecule has 0 unspecified atom stereocenters. The summed E-state index contributed by atoms with van der Waals surface area (Å²) in [5, 5.41) is 0. The van der Waals surface area contributed by atoms with E-state index >= 15 is 0 Å². The molecule has 1 rings (SSSR count). The molecule has 2 heteroatoms. The van der Waals surface area contributed by atoms with Gasteiger partial charge in [0.1, 0.15) is 5.78 Å². The zero-order chi connectivity index (χ0) is 9.19. The lowest BCUT2D eigenvalue weighted by Crippen LogP contribution is -2.26. The van der Waals surface area contributed by atoms with Crippen molar-refractivity contribution in [3.8, 4) is 0 Å². The van der Waals surface area contributed by atoms with Crippen LogP contribution in [0.2, 0.25) is 0 Å². The zero-order valence-corrected chi connectivity index (χ0v) is 7.66. The van der Waals surface area contributed by atoms with Gasteiger partial charge in [-0.2, -0.15) is 0 Å². The fourth-order valence-corrected chi connectivity index (χ4v) is 0.972. The molecule has 0 fully saturated rings. The van der Waals surface area contributed by atoms with Crippen molar-refractivity contribution in [3.05, 3.63) is 30.1 Å². The summed E-state index contributed by atoms with van der Waals surface area (Å²) in [4.78, 5) is 15.2. The second kappa shape index (κ2) is 3.05. The van der Waals surface area contributed by atoms with Crippen LogP contribution < -0.4 is 0 Å². The maximum absolute atomic E-state index is 11.2. The van der Waals surface area contributed by atoms with E-state index in [-0.39, 0.29) is 11.2 Å². The summed E-state index contributed by atoms with van der Waals surface area (Å²) in [7, 11) is 0. The number of carbonyl (C=O) groups is 1. The predicted octanol–water partition coefficient (Wildman–Crippen LogP) is 1.95. The number of nitrogens with zero attached hydrogens (tertiary/aromatic N) is 1. The molecule has 0 atom stereocenters. The first-order chi connectivity index (χ1) is 5.55. The number of hydrogen-bond acceptors (Lipinski definition) is 2. The van der Waals surface area contributed by atoms with E-state index in [1.807, 2.05) is 26.0 Å². The molecule has 0 aliphatic heterocycles.